The molecule has 2 aromatic rings. The Labute approximate surface area is 264 Å². The van der Waals surface area contributed by atoms with E-state index in [0.29, 0.717) is 6.54 Å². The van der Waals surface area contributed by atoms with Crippen LogP contribution in [0.1, 0.15) is 89.8 Å². The molecule has 0 spiro atoms. The van der Waals surface area contributed by atoms with Crippen LogP contribution in [0.3, 0.4) is 0 Å². The van der Waals surface area contributed by atoms with Crippen LogP contribution in [-0.2, 0) is 16.1 Å². The number of aromatic nitrogens is 1. The fourth-order valence-corrected chi connectivity index (χ4v) is 6.77. The quantitative estimate of drug-likeness (QED) is 0.110. The Balaban J connectivity index is 1.50. The van der Waals surface area contributed by atoms with Crippen molar-refractivity contribution < 1.29 is 14.7 Å². The molecule has 3 atom stereocenters. The number of thiazole rings is 1. The lowest BCUT2D eigenvalue weighted by Gasteiger charge is -2.35. The number of amides is 2. The number of halogens is 1. The average molecular weight is 697 g/mol. The van der Waals surface area contributed by atoms with Gasteiger partial charge in [-0.2, -0.15) is 0 Å². The fourth-order valence-electron chi connectivity index (χ4n) is 5.42. The van der Waals surface area contributed by atoms with Crippen LogP contribution in [-0.4, -0.2) is 62.5 Å². The van der Waals surface area contributed by atoms with Gasteiger partial charge in [-0.3, -0.25) is 9.59 Å². The monoisotopic (exact) mass is 696 g/mol. The Morgan fingerprint density at radius 2 is 1.71 bits per heavy atom. The molecule has 0 aliphatic carbocycles. The van der Waals surface area contributed by atoms with Gasteiger partial charge in [0.05, 0.1) is 28.2 Å². The van der Waals surface area contributed by atoms with Gasteiger partial charge in [-0.25, -0.2) is 4.98 Å². The van der Waals surface area contributed by atoms with E-state index in [4.69, 9.17) is 0 Å². The Kier molecular flexibility index (Phi) is 14.0. The number of nitrogens with zero attached hydrogens (tertiary/aromatic N) is 2. The predicted octanol–water partition coefficient (Wildman–Crippen LogP) is 6.26. The van der Waals surface area contributed by atoms with E-state index >= 15 is 0 Å². The van der Waals surface area contributed by atoms with Gasteiger partial charge in [-0.15, -0.1) is 11.3 Å². The van der Waals surface area contributed by atoms with Gasteiger partial charge >= 0.3 is 0 Å². The number of β-amino-alcohol motifs (C(OH)–C–C–N with tert-alkyl or cyclic N) is 1. The van der Waals surface area contributed by atoms with Crippen molar-refractivity contribution in [3.63, 3.8) is 0 Å². The molecule has 1 aromatic carbocycles. The van der Waals surface area contributed by atoms with Crippen molar-refractivity contribution >= 4 is 45.7 Å². The molecule has 0 bridgehead atoms. The number of benzene rings is 1. The number of rotatable bonds is 16. The zero-order valence-electron chi connectivity index (χ0n) is 25.3. The van der Waals surface area contributed by atoms with Crippen molar-refractivity contribution in [2.24, 2.45) is 5.41 Å². The smallest absolute Gasteiger partial charge is 0.243 e. The summed E-state index contributed by atoms with van der Waals surface area (Å²) < 4.78 is 1.25. The fraction of sp³-hybridized carbons (Fsp3) is 0.656. The van der Waals surface area contributed by atoms with Crippen molar-refractivity contribution in [2.45, 2.75) is 110 Å². The van der Waals surface area contributed by atoms with E-state index in [1.165, 1.54) is 43.0 Å². The third-order valence-corrected chi connectivity index (χ3v) is 9.56. The van der Waals surface area contributed by atoms with Crippen LogP contribution in [0, 0.1) is 12.3 Å². The zero-order valence-corrected chi connectivity index (χ0v) is 28.2. The average Bonchev–Trinajstić information content (AvgIpc) is 3.55. The summed E-state index contributed by atoms with van der Waals surface area (Å²) in [7, 11) is 0. The molecule has 1 aromatic heterocycles. The lowest BCUT2D eigenvalue weighted by atomic mass is 9.85. The standard InChI is InChI=1S/C32H49IN4O3S/c1-23-28(41-22-36-23)25-15-13-24(14-16-25)20-35-30(39)27-19-26(38)21-37(27)31(40)29(32(2,3)4)34-18-12-10-8-6-5-7-9-11-17-33/h13-16,22,26-27,29,34,38H,5-12,17-21H2,1-4H3,(H,35,39). The second-order valence-electron chi connectivity index (χ2n) is 12.3. The number of aryl methyl sites for hydroxylation is 1. The molecule has 0 radical (unpaired) electrons. The number of unbranched alkanes of at least 4 members (excludes halogenated alkanes) is 7. The lowest BCUT2D eigenvalue weighted by molar-refractivity contribution is -0.142. The van der Waals surface area contributed by atoms with Crippen LogP contribution in [0.5, 0.6) is 0 Å². The number of carbonyl (C=O) groups is 2. The first-order valence-electron chi connectivity index (χ1n) is 15.2. The first kappa shape index (κ1) is 33.9. The van der Waals surface area contributed by atoms with Gasteiger partial charge in [-0.1, -0.05) is 106 Å². The number of aliphatic hydroxyl groups excluding tert-OH is 1. The van der Waals surface area contributed by atoms with Crippen LogP contribution in [0.15, 0.2) is 29.8 Å². The molecular weight excluding hydrogens is 647 g/mol. The summed E-state index contributed by atoms with van der Waals surface area (Å²) in [5, 5.41) is 16.9. The maximum Gasteiger partial charge on any atom is 0.243 e. The van der Waals surface area contributed by atoms with Crippen LogP contribution >= 0.6 is 33.9 Å². The lowest BCUT2D eigenvalue weighted by Crippen LogP contribution is -2.56. The molecule has 2 heterocycles. The highest BCUT2D eigenvalue weighted by atomic mass is 127. The molecule has 1 saturated heterocycles. The zero-order chi connectivity index (χ0) is 29.8. The number of alkyl halides is 1. The summed E-state index contributed by atoms with van der Waals surface area (Å²) >= 11 is 4.06. The van der Waals surface area contributed by atoms with Gasteiger partial charge in [0.1, 0.15) is 6.04 Å². The highest BCUT2D eigenvalue weighted by molar-refractivity contribution is 14.1. The Morgan fingerprint density at radius 3 is 2.29 bits per heavy atom. The van der Waals surface area contributed by atoms with Gasteiger partial charge in [-0.05, 0) is 47.3 Å². The van der Waals surface area contributed by atoms with E-state index in [1.54, 1.807) is 16.2 Å². The van der Waals surface area contributed by atoms with Crippen molar-refractivity contribution in [1.29, 1.82) is 0 Å². The van der Waals surface area contributed by atoms with Crippen molar-refractivity contribution in [3.05, 3.63) is 41.0 Å². The summed E-state index contributed by atoms with van der Waals surface area (Å²) in [4.78, 5) is 34.1. The SMILES string of the molecule is Cc1ncsc1-c1ccc(CNC(=O)C2CC(O)CN2C(=O)C(NCCCCCCCCCCI)C(C)(C)C)cc1. The molecule has 1 fully saturated rings. The minimum Gasteiger partial charge on any atom is -0.391 e. The third kappa shape index (κ3) is 10.6. The van der Waals surface area contributed by atoms with Gasteiger partial charge in [0.15, 0.2) is 0 Å². The van der Waals surface area contributed by atoms with E-state index in [2.05, 4.69) is 59.0 Å². The van der Waals surface area contributed by atoms with E-state index in [1.807, 2.05) is 36.7 Å². The van der Waals surface area contributed by atoms with E-state index < -0.39 is 18.2 Å². The maximum absolute atomic E-state index is 13.8. The number of carbonyl (C=O) groups excluding carboxylic acids is 2. The molecule has 9 heteroatoms. The summed E-state index contributed by atoms with van der Waals surface area (Å²) in [6.45, 7) is 9.49. The molecule has 3 rings (SSSR count). The molecular formula is C32H49IN4O3S. The van der Waals surface area contributed by atoms with Crippen molar-refractivity contribution in [3.8, 4) is 10.4 Å². The van der Waals surface area contributed by atoms with E-state index in [-0.39, 0.29) is 30.2 Å². The molecule has 228 valence electrons. The van der Waals surface area contributed by atoms with Crippen molar-refractivity contribution in [1.82, 2.24) is 20.5 Å². The molecule has 3 N–H and O–H groups in total. The topological polar surface area (TPSA) is 94.6 Å². The van der Waals surface area contributed by atoms with Crippen molar-refractivity contribution in [2.75, 3.05) is 17.5 Å². The molecule has 1 aliphatic heterocycles. The predicted molar refractivity (Wildman–Crippen MR) is 177 cm³/mol. The molecule has 7 nitrogen and oxygen atoms in total. The molecule has 3 unspecified atom stereocenters. The summed E-state index contributed by atoms with van der Waals surface area (Å²) in [6.07, 6.45) is 9.56. The Bertz CT molecular complexity index is 1090. The van der Waals surface area contributed by atoms with Gasteiger partial charge in [0, 0.05) is 19.5 Å². The first-order valence-corrected chi connectivity index (χ1v) is 17.6. The third-order valence-electron chi connectivity index (χ3n) is 7.81. The minimum atomic E-state index is -0.700. The van der Waals surface area contributed by atoms with Crippen LogP contribution in [0.25, 0.3) is 10.4 Å². The maximum atomic E-state index is 13.8. The second kappa shape index (κ2) is 16.9. The van der Waals surface area contributed by atoms with Gasteiger partial charge in [0.25, 0.3) is 0 Å². The van der Waals surface area contributed by atoms with Crippen LogP contribution in [0.2, 0.25) is 0 Å². The number of hydrogen-bond acceptors (Lipinski definition) is 6. The first-order chi connectivity index (χ1) is 19.6. The molecule has 2 amide bonds. The normalized spacial score (nSPS) is 18.0. The number of likely N-dealkylation sites (tertiary alicyclic amines) is 1. The Morgan fingerprint density at radius 1 is 1.07 bits per heavy atom. The second-order valence-corrected chi connectivity index (χ2v) is 14.3. The number of nitrogens with one attached hydrogen (secondary N) is 2. The summed E-state index contributed by atoms with van der Waals surface area (Å²) in [5.74, 6) is -0.322. The Hall–Kier alpha value is -1.56. The van der Waals surface area contributed by atoms with E-state index in [9.17, 15) is 14.7 Å². The number of hydrogen-bond donors (Lipinski definition) is 3. The summed E-state index contributed by atoms with van der Waals surface area (Å²) in [6, 6.07) is 7.02. The van der Waals surface area contributed by atoms with E-state index in [0.717, 1.165) is 41.1 Å². The summed E-state index contributed by atoms with van der Waals surface area (Å²) in [5.41, 5.74) is 4.63. The molecule has 0 saturated carbocycles. The largest absolute Gasteiger partial charge is 0.391 e. The van der Waals surface area contributed by atoms with Gasteiger partial charge < -0.3 is 20.6 Å². The van der Waals surface area contributed by atoms with Crippen LogP contribution < -0.4 is 10.6 Å². The highest BCUT2D eigenvalue weighted by Gasteiger charge is 2.43. The molecule has 41 heavy (non-hydrogen) atoms. The molecule has 1 aliphatic rings. The van der Waals surface area contributed by atoms with Gasteiger partial charge in [0.2, 0.25) is 11.8 Å². The number of aliphatic hydroxyl groups is 1. The minimum absolute atomic E-state index is 0.103. The highest BCUT2D eigenvalue weighted by Crippen LogP contribution is 2.28. The van der Waals surface area contributed by atoms with Crippen LogP contribution in [0.4, 0.5) is 0 Å².